The molecule has 0 unspecified atom stereocenters. The molecule has 4 atom stereocenters. The largest absolute Gasteiger partial charge is 0.482 e. The molecule has 7 heterocycles. The minimum atomic E-state index is -2.83. The number of hydrogen-bond donors (Lipinski definition) is 2. The Morgan fingerprint density at radius 3 is 2.58 bits per heavy atom. The summed E-state index contributed by atoms with van der Waals surface area (Å²) >= 11 is 0. The number of fused-ring (bicyclic) bond motifs is 4. The molecule has 2 bridgehead atoms. The second kappa shape index (κ2) is 11.4. The van der Waals surface area contributed by atoms with E-state index < -0.39 is 18.5 Å². The number of nitrogens with two attached hydrogens (primary N) is 1. The maximum Gasteiger partial charge on any atom is 0.333 e. The summed E-state index contributed by atoms with van der Waals surface area (Å²) in [6, 6.07) is 9.29. The van der Waals surface area contributed by atoms with Crippen LogP contribution in [-0.4, -0.2) is 70.7 Å². The van der Waals surface area contributed by atoms with Crippen molar-refractivity contribution >= 4 is 28.5 Å². The Labute approximate surface area is 274 Å². The highest BCUT2D eigenvalue weighted by Crippen LogP contribution is 2.40. The lowest BCUT2D eigenvalue weighted by molar-refractivity contribution is 0.0565. The molecule has 0 aromatic carbocycles. The predicted octanol–water partition coefficient (Wildman–Crippen LogP) is 4.86. The molecule has 12 nitrogen and oxygen atoms in total. The summed E-state index contributed by atoms with van der Waals surface area (Å²) in [6.07, 6.45) is 7.15. The van der Waals surface area contributed by atoms with E-state index in [9.17, 15) is 18.4 Å². The fourth-order valence-electron chi connectivity index (χ4n) is 7.53. The lowest BCUT2D eigenvalue weighted by atomic mass is 9.97. The van der Waals surface area contributed by atoms with Crippen LogP contribution in [0.2, 0.25) is 0 Å². The number of hydrogen-bond acceptors (Lipinski definition) is 7. The Morgan fingerprint density at radius 2 is 1.92 bits per heavy atom. The van der Waals surface area contributed by atoms with Gasteiger partial charge in [0.1, 0.15) is 17.0 Å². The van der Waals surface area contributed by atoms with Crippen molar-refractivity contribution in [2.24, 2.45) is 11.7 Å². The number of carbonyl (C=O) groups is 2. The zero-order valence-corrected chi connectivity index (χ0v) is 26.9. The average Bonchev–Trinajstić information content (AvgIpc) is 3.45. The van der Waals surface area contributed by atoms with Crippen LogP contribution in [0.1, 0.15) is 83.7 Å². The number of halogens is 2. The molecule has 250 valence electrons. The molecule has 48 heavy (non-hydrogen) atoms. The van der Waals surface area contributed by atoms with Gasteiger partial charge in [0, 0.05) is 47.9 Å². The highest BCUT2D eigenvalue weighted by atomic mass is 19.3. The van der Waals surface area contributed by atoms with Crippen molar-refractivity contribution < 1.29 is 23.1 Å². The number of aromatic nitrogens is 6. The van der Waals surface area contributed by atoms with E-state index in [0.717, 1.165) is 79.2 Å². The van der Waals surface area contributed by atoms with Gasteiger partial charge in [0.25, 0.3) is 11.8 Å². The van der Waals surface area contributed by atoms with Crippen LogP contribution in [0.5, 0.6) is 5.88 Å². The first-order valence-electron chi connectivity index (χ1n) is 16.4. The van der Waals surface area contributed by atoms with Crippen molar-refractivity contribution in [1.82, 2.24) is 38.9 Å². The van der Waals surface area contributed by atoms with Gasteiger partial charge in [-0.2, -0.15) is 13.9 Å². The molecule has 0 radical (unpaired) electrons. The number of methoxy groups -OCH3 is 1. The molecule has 2 saturated heterocycles. The van der Waals surface area contributed by atoms with Gasteiger partial charge in [-0.05, 0) is 76.1 Å². The summed E-state index contributed by atoms with van der Waals surface area (Å²) in [5.74, 6) is 0.489. The molecule has 5 aromatic rings. The van der Waals surface area contributed by atoms with Gasteiger partial charge in [-0.1, -0.05) is 0 Å². The van der Waals surface area contributed by atoms with E-state index in [-0.39, 0.29) is 29.6 Å². The monoisotopic (exact) mass is 657 g/mol. The highest BCUT2D eigenvalue weighted by molar-refractivity contribution is 5.97. The number of rotatable bonds is 9. The number of amides is 2. The summed E-state index contributed by atoms with van der Waals surface area (Å²) in [7, 11) is 1.60. The topological polar surface area (TPSA) is 138 Å². The number of pyridine rings is 2. The molecular weight excluding hydrogens is 620 g/mol. The second-order valence-corrected chi connectivity index (χ2v) is 13.4. The summed E-state index contributed by atoms with van der Waals surface area (Å²) in [4.78, 5) is 38.6. The molecule has 1 aliphatic carbocycles. The van der Waals surface area contributed by atoms with Crippen molar-refractivity contribution in [3.05, 3.63) is 65.2 Å². The molecule has 14 heteroatoms. The van der Waals surface area contributed by atoms with Crippen molar-refractivity contribution in [3.63, 3.8) is 0 Å². The standard InChI is InChI=1S/C34H37F2N9O3/c1-17(39-32(46)22-14-38-43(16-22)34(35)36)25-8-6-20-10-27(42(31(20)40-25)15-19-4-5-19)30-18(2)44-28(41-30)11-21(12-29(44)48-3)33(47)45-23-7-9-26(45)24(37)13-23/h6,8,10-12,14,16-17,19,23-24,26,34H,4-5,7,9,13,15,37H2,1-3H3,(H,39,46)/t17-,23+,24-,26-/m1/s1. The maximum absolute atomic E-state index is 13.8. The average molecular weight is 658 g/mol. The van der Waals surface area contributed by atoms with E-state index in [1.165, 1.54) is 0 Å². The predicted molar refractivity (Wildman–Crippen MR) is 173 cm³/mol. The SMILES string of the molecule is COc1cc(C(=O)N2[C@H]3CC[C@@H]2[C@H](N)C3)cc2nc(-c3cc4ccc([C@@H](C)NC(=O)c5cnn(C(F)F)c5)nc4n3CC3CC3)c(C)n12. The Hall–Kier alpha value is -4.85. The van der Waals surface area contributed by atoms with Gasteiger partial charge in [-0.15, -0.1) is 0 Å². The maximum atomic E-state index is 13.8. The minimum absolute atomic E-state index is 0.0124. The molecule has 2 amide bonds. The molecule has 8 rings (SSSR count). The third-order valence-electron chi connectivity index (χ3n) is 10.2. The van der Waals surface area contributed by atoms with Gasteiger partial charge in [-0.25, -0.2) is 14.6 Å². The van der Waals surface area contributed by atoms with Gasteiger partial charge in [0.2, 0.25) is 0 Å². The van der Waals surface area contributed by atoms with Crippen LogP contribution >= 0.6 is 0 Å². The zero-order valence-electron chi connectivity index (χ0n) is 26.9. The first-order chi connectivity index (χ1) is 23.1. The van der Waals surface area contributed by atoms with E-state index >= 15 is 0 Å². The molecule has 5 aromatic heterocycles. The van der Waals surface area contributed by atoms with Gasteiger partial charge >= 0.3 is 6.55 Å². The Bertz CT molecular complexity index is 2080. The summed E-state index contributed by atoms with van der Waals surface area (Å²) in [5, 5.41) is 7.33. The van der Waals surface area contributed by atoms with Gasteiger partial charge in [-0.3, -0.25) is 14.0 Å². The molecule has 3 fully saturated rings. The molecular formula is C34H37F2N9O3. The molecule has 2 aliphatic heterocycles. The first-order valence-corrected chi connectivity index (χ1v) is 16.4. The zero-order chi connectivity index (χ0) is 33.4. The summed E-state index contributed by atoms with van der Waals surface area (Å²) < 4.78 is 36.3. The van der Waals surface area contributed by atoms with Gasteiger partial charge in [0.15, 0.2) is 5.88 Å². The normalized spacial score (nSPS) is 21.1. The van der Waals surface area contributed by atoms with E-state index in [1.54, 1.807) is 20.1 Å². The van der Waals surface area contributed by atoms with Crippen LogP contribution in [-0.2, 0) is 6.54 Å². The Morgan fingerprint density at radius 1 is 1.10 bits per heavy atom. The van der Waals surface area contributed by atoms with Crippen molar-refractivity contribution in [3.8, 4) is 17.3 Å². The quantitative estimate of drug-likeness (QED) is 0.231. The number of nitrogens with zero attached hydrogens (tertiary/aromatic N) is 7. The third-order valence-corrected chi connectivity index (χ3v) is 10.2. The fraction of sp³-hybridized carbons (Fsp3) is 0.441. The molecule has 3 N–H and O–H groups in total. The van der Waals surface area contributed by atoms with E-state index in [1.807, 2.05) is 34.4 Å². The lowest BCUT2D eigenvalue weighted by Gasteiger charge is -2.23. The highest BCUT2D eigenvalue weighted by Gasteiger charge is 2.47. The van der Waals surface area contributed by atoms with Crippen molar-refractivity contribution in [2.45, 2.75) is 83.2 Å². The molecule has 1 saturated carbocycles. The summed E-state index contributed by atoms with van der Waals surface area (Å²) in [6.45, 7) is 1.73. The molecule has 0 spiro atoms. The second-order valence-electron chi connectivity index (χ2n) is 13.4. The minimum Gasteiger partial charge on any atom is -0.482 e. The Balaban J connectivity index is 1.15. The van der Waals surface area contributed by atoms with E-state index in [4.69, 9.17) is 20.4 Å². The van der Waals surface area contributed by atoms with Crippen LogP contribution in [0.15, 0.2) is 42.7 Å². The Kier molecular flexibility index (Phi) is 7.23. The third kappa shape index (κ3) is 5.00. The van der Waals surface area contributed by atoms with E-state index in [2.05, 4.69) is 21.0 Å². The summed E-state index contributed by atoms with van der Waals surface area (Å²) in [5.41, 5.74) is 11.5. The first kappa shape index (κ1) is 30.5. The van der Waals surface area contributed by atoms with Crippen LogP contribution in [0.4, 0.5) is 8.78 Å². The molecule has 3 aliphatic rings. The van der Waals surface area contributed by atoms with Gasteiger partial charge in [0.05, 0.1) is 42.0 Å². The lowest BCUT2D eigenvalue weighted by Crippen LogP contribution is -2.40. The van der Waals surface area contributed by atoms with Crippen molar-refractivity contribution in [2.75, 3.05) is 7.11 Å². The van der Waals surface area contributed by atoms with E-state index in [0.29, 0.717) is 33.4 Å². The number of carbonyl (C=O) groups excluding carboxylic acids is 2. The number of nitrogens with one attached hydrogen (secondary N) is 1. The van der Waals surface area contributed by atoms with Crippen molar-refractivity contribution in [1.29, 1.82) is 0 Å². The van der Waals surface area contributed by atoms with Crippen LogP contribution in [0.25, 0.3) is 28.1 Å². The van der Waals surface area contributed by atoms with Crippen LogP contribution in [0, 0.1) is 12.8 Å². The number of aryl methyl sites for hydroxylation is 1. The smallest absolute Gasteiger partial charge is 0.333 e. The van der Waals surface area contributed by atoms with Crippen LogP contribution < -0.4 is 15.8 Å². The fourth-order valence-corrected chi connectivity index (χ4v) is 7.53. The number of ether oxygens (including phenoxy) is 1. The number of imidazole rings is 1. The number of alkyl halides is 2. The van der Waals surface area contributed by atoms with Gasteiger partial charge < -0.3 is 25.3 Å². The van der Waals surface area contributed by atoms with Crippen LogP contribution in [0.3, 0.4) is 0 Å².